The van der Waals surface area contributed by atoms with Crippen LogP contribution in [-0.2, 0) is 10.2 Å². The van der Waals surface area contributed by atoms with E-state index in [4.69, 9.17) is 15.2 Å². The summed E-state index contributed by atoms with van der Waals surface area (Å²) in [5.41, 5.74) is 6.53. The fourth-order valence-electron chi connectivity index (χ4n) is 2.17. The van der Waals surface area contributed by atoms with Gasteiger partial charge >= 0.3 is 0 Å². The summed E-state index contributed by atoms with van der Waals surface area (Å²) >= 11 is 0. The molecule has 0 spiro atoms. The second kappa shape index (κ2) is 8.58. The average Bonchev–Trinajstić information content (AvgIpc) is 2.50. The third kappa shape index (κ3) is 5.56. The Balaban J connectivity index is 0.00000529. The molecule has 138 valence electrons. The lowest BCUT2D eigenvalue weighted by atomic mass is 9.83. The molecule has 0 fully saturated rings. The molecule has 0 aliphatic heterocycles. The van der Waals surface area contributed by atoms with E-state index in [2.05, 4.69) is 19.2 Å². The van der Waals surface area contributed by atoms with Crippen molar-refractivity contribution in [1.29, 1.82) is 0 Å². The van der Waals surface area contributed by atoms with E-state index in [0.29, 0.717) is 18.0 Å². The molecule has 0 aliphatic rings. The molecule has 0 unspecified atom stereocenters. The van der Waals surface area contributed by atoms with Gasteiger partial charge < -0.3 is 20.5 Å². The standard InChI is InChI=1S/C18H30N2O3.ClH/c1-17(2,3)15(19)16(21)20-11-18(4,5)12-8-9-13(22-6)14(10-12)23-7;/h8-10,15H,11,19H2,1-7H3,(H,20,21);1H/t15-;/m1./s1. The first-order valence-corrected chi connectivity index (χ1v) is 7.78. The summed E-state index contributed by atoms with van der Waals surface area (Å²) in [6.45, 7) is 10.5. The third-order valence-corrected chi connectivity index (χ3v) is 4.09. The van der Waals surface area contributed by atoms with Crippen molar-refractivity contribution < 1.29 is 14.3 Å². The van der Waals surface area contributed by atoms with Crippen molar-refractivity contribution in [3.63, 3.8) is 0 Å². The number of hydrogen-bond acceptors (Lipinski definition) is 4. The van der Waals surface area contributed by atoms with Crippen LogP contribution in [0.1, 0.15) is 40.2 Å². The van der Waals surface area contributed by atoms with Crippen molar-refractivity contribution >= 4 is 18.3 Å². The average molecular weight is 359 g/mol. The van der Waals surface area contributed by atoms with Gasteiger partial charge in [-0.15, -0.1) is 12.4 Å². The molecule has 0 saturated carbocycles. The van der Waals surface area contributed by atoms with Crippen LogP contribution >= 0.6 is 12.4 Å². The molecule has 0 heterocycles. The van der Waals surface area contributed by atoms with Gasteiger partial charge in [0, 0.05) is 12.0 Å². The number of rotatable bonds is 6. The second-order valence-corrected chi connectivity index (χ2v) is 7.52. The lowest BCUT2D eigenvalue weighted by Crippen LogP contribution is -2.50. The summed E-state index contributed by atoms with van der Waals surface area (Å²) in [5.74, 6) is 1.23. The maximum atomic E-state index is 12.2. The highest BCUT2D eigenvalue weighted by Gasteiger charge is 2.29. The van der Waals surface area contributed by atoms with Crippen LogP contribution in [0.4, 0.5) is 0 Å². The van der Waals surface area contributed by atoms with Crippen LogP contribution in [-0.4, -0.2) is 32.7 Å². The van der Waals surface area contributed by atoms with Gasteiger partial charge in [0.15, 0.2) is 11.5 Å². The minimum atomic E-state index is -0.538. The quantitative estimate of drug-likeness (QED) is 0.820. The predicted molar refractivity (Wildman–Crippen MR) is 100 cm³/mol. The summed E-state index contributed by atoms with van der Waals surface area (Å²) < 4.78 is 10.6. The topological polar surface area (TPSA) is 73.6 Å². The van der Waals surface area contributed by atoms with Crippen molar-refractivity contribution in [3.8, 4) is 11.5 Å². The largest absolute Gasteiger partial charge is 0.493 e. The van der Waals surface area contributed by atoms with E-state index in [1.807, 2.05) is 39.0 Å². The molecule has 0 radical (unpaired) electrons. The van der Waals surface area contributed by atoms with Gasteiger partial charge in [-0.1, -0.05) is 40.7 Å². The van der Waals surface area contributed by atoms with Crippen molar-refractivity contribution in [2.24, 2.45) is 11.1 Å². The van der Waals surface area contributed by atoms with Crippen LogP contribution in [0, 0.1) is 5.41 Å². The fraction of sp³-hybridized carbons (Fsp3) is 0.611. The van der Waals surface area contributed by atoms with Crippen LogP contribution in [0.15, 0.2) is 18.2 Å². The molecule has 0 bridgehead atoms. The summed E-state index contributed by atoms with van der Waals surface area (Å²) in [5, 5.41) is 2.96. The van der Waals surface area contributed by atoms with Crippen LogP contribution in [0.2, 0.25) is 0 Å². The lowest BCUT2D eigenvalue weighted by molar-refractivity contribution is -0.124. The molecule has 1 aromatic rings. The zero-order valence-corrected chi connectivity index (χ0v) is 16.5. The highest BCUT2D eigenvalue weighted by atomic mass is 35.5. The van der Waals surface area contributed by atoms with Crippen LogP contribution < -0.4 is 20.5 Å². The van der Waals surface area contributed by atoms with Crippen molar-refractivity contribution in [2.45, 2.75) is 46.1 Å². The Labute approximate surface area is 151 Å². The second-order valence-electron chi connectivity index (χ2n) is 7.52. The van der Waals surface area contributed by atoms with E-state index < -0.39 is 6.04 Å². The summed E-state index contributed by atoms with van der Waals surface area (Å²) in [6, 6.07) is 5.26. The monoisotopic (exact) mass is 358 g/mol. The van der Waals surface area contributed by atoms with Gasteiger partial charge in [-0.05, 0) is 23.1 Å². The summed E-state index contributed by atoms with van der Waals surface area (Å²) in [4.78, 5) is 12.2. The number of carbonyl (C=O) groups excluding carboxylic acids is 1. The van der Waals surface area contributed by atoms with Crippen LogP contribution in [0.25, 0.3) is 0 Å². The van der Waals surface area contributed by atoms with Crippen molar-refractivity contribution in [2.75, 3.05) is 20.8 Å². The first kappa shape index (κ1) is 22.5. The zero-order valence-electron chi connectivity index (χ0n) is 15.7. The highest BCUT2D eigenvalue weighted by molar-refractivity contribution is 5.85. The first-order valence-electron chi connectivity index (χ1n) is 7.78. The smallest absolute Gasteiger partial charge is 0.237 e. The molecule has 1 aromatic carbocycles. The van der Waals surface area contributed by atoms with E-state index in [1.54, 1.807) is 14.2 Å². The Kier molecular flexibility index (Phi) is 8.06. The molecule has 1 rings (SSSR count). The lowest BCUT2D eigenvalue weighted by Gasteiger charge is -2.30. The molecular formula is C18H31ClN2O3. The van der Waals surface area contributed by atoms with Gasteiger partial charge in [-0.2, -0.15) is 0 Å². The molecule has 6 heteroatoms. The Hall–Kier alpha value is -1.46. The summed E-state index contributed by atoms with van der Waals surface area (Å²) in [6.07, 6.45) is 0. The maximum Gasteiger partial charge on any atom is 0.237 e. The molecule has 0 saturated heterocycles. The number of hydrogen-bond donors (Lipinski definition) is 2. The molecule has 0 aromatic heterocycles. The Morgan fingerprint density at radius 3 is 2.12 bits per heavy atom. The number of halogens is 1. The predicted octanol–water partition coefficient (Wildman–Crippen LogP) is 2.89. The van der Waals surface area contributed by atoms with Crippen molar-refractivity contribution in [1.82, 2.24) is 5.32 Å². The van der Waals surface area contributed by atoms with Gasteiger partial charge in [-0.3, -0.25) is 4.79 Å². The molecule has 1 amide bonds. The maximum absolute atomic E-state index is 12.2. The molecule has 0 aliphatic carbocycles. The molecule has 1 atom stereocenters. The van der Waals surface area contributed by atoms with Gasteiger partial charge in [0.05, 0.1) is 20.3 Å². The Bertz CT molecular complexity index is 554. The van der Waals surface area contributed by atoms with Crippen LogP contribution in [0.3, 0.4) is 0 Å². The number of methoxy groups -OCH3 is 2. The minimum absolute atomic E-state index is 0. The molecule has 24 heavy (non-hydrogen) atoms. The number of benzene rings is 1. The van der Waals surface area contributed by atoms with E-state index >= 15 is 0 Å². The number of nitrogens with two attached hydrogens (primary N) is 1. The van der Waals surface area contributed by atoms with Gasteiger partial charge in [0.25, 0.3) is 0 Å². The fourth-order valence-corrected chi connectivity index (χ4v) is 2.17. The van der Waals surface area contributed by atoms with Gasteiger partial charge in [0.1, 0.15) is 0 Å². The zero-order chi connectivity index (χ0) is 17.8. The molecule has 3 N–H and O–H groups in total. The highest BCUT2D eigenvalue weighted by Crippen LogP contribution is 2.33. The van der Waals surface area contributed by atoms with E-state index in [0.717, 1.165) is 5.56 Å². The van der Waals surface area contributed by atoms with Gasteiger partial charge in [-0.25, -0.2) is 0 Å². The van der Waals surface area contributed by atoms with Gasteiger partial charge in [0.2, 0.25) is 5.91 Å². The first-order chi connectivity index (χ1) is 10.5. The minimum Gasteiger partial charge on any atom is -0.493 e. The number of nitrogens with one attached hydrogen (secondary N) is 1. The SMILES string of the molecule is COc1ccc(C(C)(C)CNC(=O)[C@@H](N)C(C)(C)C)cc1OC.Cl. The molecular weight excluding hydrogens is 328 g/mol. The summed E-state index contributed by atoms with van der Waals surface area (Å²) in [7, 11) is 3.22. The van der Waals surface area contributed by atoms with Crippen molar-refractivity contribution in [3.05, 3.63) is 23.8 Å². The van der Waals surface area contributed by atoms with E-state index in [-0.39, 0.29) is 29.1 Å². The Morgan fingerprint density at radius 1 is 1.12 bits per heavy atom. The normalized spacial score (nSPS) is 12.8. The van der Waals surface area contributed by atoms with Crippen LogP contribution in [0.5, 0.6) is 11.5 Å². The van der Waals surface area contributed by atoms with E-state index in [1.165, 1.54) is 0 Å². The Morgan fingerprint density at radius 2 is 1.67 bits per heavy atom. The molecule has 5 nitrogen and oxygen atoms in total. The van der Waals surface area contributed by atoms with E-state index in [9.17, 15) is 4.79 Å². The number of carbonyl (C=O) groups is 1. The third-order valence-electron chi connectivity index (χ3n) is 4.09. The number of ether oxygens (including phenoxy) is 2. The number of amides is 1.